The maximum Gasteiger partial charge on any atom is 0.337 e. The monoisotopic (exact) mass is 270 g/mol. The van der Waals surface area contributed by atoms with Gasteiger partial charge in [-0.3, -0.25) is 4.79 Å². The molecule has 2 aliphatic rings. The van der Waals surface area contributed by atoms with Gasteiger partial charge in [0.05, 0.1) is 38.9 Å². The standard InChI is InChI=1S/C13H18O6/c1-17-9-5-7-6(11(9)13(16)19-3)4-8(14)10(7)12(15)18-2/h6-8,10,14H,4-5H2,1-3H3/t6-,7-,8+,10+/m0/s1. The molecule has 2 aliphatic carbocycles. The van der Waals surface area contributed by atoms with Crippen molar-refractivity contribution < 1.29 is 28.9 Å². The third kappa shape index (κ3) is 2.10. The van der Waals surface area contributed by atoms with Crippen LogP contribution in [-0.2, 0) is 23.8 Å². The first-order chi connectivity index (χ1) is 9.04. The van der Waals surface area contributed by atoms with Gasteiger partial charge >= 0.3 is 11.9 Å². The van der Waals surface area contributed by atoms with Crippen LogP contribution in [0.4, 0.5) is 0 Å². The van der Waals surface area contributed by atoms with E-state index in [4.69, 9.17) is 14.2 Å². The van der Waals surface area contributed by atoms with E-state index in [9.17, 15) is 14.7 Å². The van der Waals surface area contributed by atoms with Crippen molar-refractivity contribution in [3.8, 4) is 0 Å². The van der Waals surface area contributed by atoms with Crippen LogP contribution in [0, 0.1) is 17.8 Å². The van der Waals surface area contributed by atoms with Crippen LogP contribution in [0.2, 0.25) is 0 Å². The molecule has 0 heterocycles. The van der Waals surface area contributed by atoms with Gasteiger partial charge in [-0.05, 0) is 12.3 Å². The summed E-state index contributed by atoms with van der Waals surface area (Å²) in [6, 6.07) is 0. The van der Waals surface area contributed by atoms with Crippen LogP contribution in [0.15, 0.2) is 11.3 Å². The summed E-state index contributed by atoms with van der Waals surface area (Å²) in [4.78, 5) is 23.6. The van der Waals surface area contributed by atoms with Gasteiger partial charge in [-0.2, -0.15) is 0 Å². The molecule has 0 unspecified atom stereocenters. The van der Waals surface area contributed by atoms with Crippen LogP contribution < -0.4 is 0 Å². The first-order valence-corrected chi connectivity index (χ1v) is 6.16. The molecular weight excluding hydrogens is 252 g/mol. The van der Waals surface area contributed by atoms with Crippen LogP contribution in [0.25, 0.3) is 0 Å². The zero-order valence-electron chi connectivity index (χ0n) is 11.2. The second kappa shape index (κ2) is 5.21. The molecule has 19 heavy (non-hydrogen) atoms. The average molecular weight is 270 g/mol. The first-order valence-electron chi connectivity index (χ1n) is 6.16. The normalized spacial score (nSPS) is 33.1. The molecule has 106 valence electrons. The Morgan fingerprint density at radius 2 is 1.89 bits per heavy atom. The number of hydrogen-bond acceptors (Lipinski definition) is 6. The van der Waals surface area contributed by atoms with E-state index in [2.05, 4.69) is 0 Å². The van der Waals surface area contributed by atoms with Crippen LogP contribution in [0.1, 0.15) is 12.8 Å². The highest BCUT2D eigenvalue weighted by Gasteiger charge is 2.54. The summed E-state index contributed by atoms with van der Waals surface area (Å²) in [5, 5.41) is 10.0. The van der Waals surface area contributed by atoms with Gasteiger partial charge in [-0.25, -0.2) is 4.79 Å². The summed E-state index contributed by atoms with van der Waals surface area (Å²) in [6.45, 7) is 0. The first kappa shape index (κ1) is 13.9. The lowest BCUT2D eigenvalue weighted by molar-refractivity contribution is -0.150. The molecule has 0 radical (unpaired) electrons. The number of carbonyl (C=O) groups excluding carboxylic acids is 2. The van der Waals surface area contributed by atoms with Crippen LogP contribution in [0.5, 0.6) is 0 Å². The molecule has 0 aromatic rings. The molecule has 1 saturated carbocycles. The topological polar surface area (TPSA) is 82.1 Å². The highest BCUT2D eigenvalue weighted by molar-refractivity contribution is 5.91. The number of hydrogen-bond donors (Lipinski definition) is 1. The van der Waals surface area contributed by atoms with E-state index >= 15 is 0 Å². The van der Waals surface area contributed by atoms with Crippen molar-refractivity contribution in [2.75, 3.05) is 21.3 Å². The third-order valence-corrected chi connectivity index (χ3v) is 4.11. The number of esters is 2. The largest absolute Gasteiger partial charge is 0.501 e. The summed E-state index contributed by atoms with van der Waals surface area (Å²) in [6.07, 6.45) is 0.00459. The average Bonchev–Trinajstić information content (AvgIpc) is 2.90. The summed E-state index contributed by atoms with van der Waals surface area (Å²) >= 11 is 0. The Morgan fingerprint density at radius 1 is 1.21 bits per heavy atom. The van der Waals surface area contributed by atoms with Gasteiger partial charge in [-0.1, -0.05) is 0 Å². The second-order valence-corrected chi connectivity index (χ2v) is 4.86. The Labute approximate surface area is 111 Å². The van der Waals surface area contributed by atoms with Gasteiger partial charge in [-0.15, -0.1) is 0 Å². The highest BCUT2D eigenvalue weighted by atomic mass is 16.5. The van der Waals surface area contributed by atoms with Crippen LogP contribution in [-0.4, -0.2) is 44.5 Å². The highest BCUT2D eigenvalue weighted by Crippen LogP contribution is 2.51. The van der Waals surface area contributed by atoms with Crippen LogP contribution in [0.3, 0.4) is 0 Å². The predicted octanol–water partition coefficient (Wildman–Crippen LogP) is 0.250. The minimum absolute atomic E-state index is 0.161. The summed E-state index contributed by atoms with van der Waals surface area (Å²) in [5.41, 5.74) is 0.445. The van der Waals surface area contributed by atoms with E-state index in [1.165, 1.54) is 21.3 Å². The van der Waals surface area contributed by atoms with Gasteiger partial charge in [0.1, 0.15) is 5.76 Å². The van der Waals surface area contributed by atoms with Crippen molar-refractivity contribution in [3.63, 3.8) is 0 Å². The molecule has 1 fully saturated rings. The molecular formula is C13H18O6. The van der Waals surface area contributed by atoms with Gasteiger partial charge in [0.25, 0.3) is 0 Å². The molecule has 1 N–H and O–H groups in total. The van der Waals surface area contributed by atoms with E-state index in [1.807, 2.05) is 0 Å². The van der Waals surface area contributed by atoms with E-state index in [-0.39, 0.29) is 11.8 Å². The van der Waals surface area contributed by atoms with Crippen molar-refractivity contribution in [2.45, 2.75) is 18.9 Å². The van der Waals surface area contributed by atoms with Crippen LogP contribution >= 0.6 is 0 Å². The lowest BCUT2D eigenvalue weighted by Gasteiger charge is -2.18. The zero-order valence-corrected chi connectivity index (χ0v) is 11.2. The summed E-state index contributed by atoms with van der Waals surface area (Å²) in [7, 11) is 4.09. The van der Waals surface area contributed by atoms with Gasteiger partial charge in [0, 0.05) is 12.3 Å². The summed E-state index contributed by atoms with van der Waals surface area (Å²) < 4.78 is 14.7. The Morgan fingerprint density at radius 3 is 2.42 bits per heavy atom. The molecule has 0 aromatic heterocycles. The minimum Gasteiger partial charge on any atom is -0.501 e. The van der Waals surface area contributed by atoms with Crippen molar-refractivity contribution in [2.24, 2.45) is 17.8 Å². The van der Waals surface area contributed by atoms with Gasteiger partial charge in [0.15, 0.2) is 0 Å². The minimum atomic E-state index is -0.791. The van der Waals surface area contributed by atoms with E-state index in [1.54, 1.807) is 0 Å². The zero-order chi connectivity index (χ0) is 14.2. The Bertz CT molecular complexity index is 427. The molecule has 0 aromatic carbocycles. The van der Waals surface area contributed by atoms with Gasteiger partial charge < -0.3 is 19.3 Å². The number of methoxy groups -OCH3 is 3. The molecule has 4 atom stereocenters. The molecule has 2 rings (SSSR count). The van der Waals surface area contributed by atoms with Gasteiger partial charge in [0.2, 0.25) is 0 Å². The van der Waals surface area contributed by atoms with Crippen molar-refractivity contribution in [3.05, 3.63) is 11.3 Å². The lowest BCUT2D eigenvalue weighted by Crippen LogP contribution is -2.29. The SMILES string of the molecule is COC(=O)C1=C(OC)C[C@@H]2[C@@H](C(=O)OC)[C@H](O)C[C@H]12. The van der Waals surface area contributed by atoms with Crippen molar-refractivity contribution in [1.29, 1.82) is 0 Å². The smallest absolute Gasteiger partial charge is 0.337 e. The molecule has 6 nitrogen and oxygen atoms in total. The molecule has 0 bridgehead atoms. The molecule has 0 amide bonds. The second-order valence-electron chi connectivity index (χ2n) is 4.86. The van der Waals surface area contributed by atoms with E-state index in [0.29, 0.717) is 24.2 Å². The quantitative estimate of drug-likeness (QED) is 0.740. The fourth-order valence-electron chi connectivity index (χ4n) is 3.29. The molecule has 0 aliphatic heterocycles. The number of rotatable bonds is 3. The number of carbonyl (C=O) groups is 2. The van der Waals surface area contributed by atoms with Crippen molar-refractivity contribution in [1.82, 2.24) is 0 Å². The number of aliphatic hydroxyl groups excluding tert-OH is 1. The van der Waals surface area contributed by atoms with Crippen molar-refractivity contribution >= 4 is 11.9 Å². The molecule has 6 heteroatoms. The third-order valence-electron chi connectivity index (χ3n) is 4.11. The fourth-order valence-corrected chi connectivity index (χ4v) is 3.29. The number of aliphatic hydroxyl groups is 1. The maximum absolute atomic E-state index is 11.8. The number of fused-ring (bicyclic) bond motifs is 1. The molecule has 0 spiro atoms. The Balaban J connectivity index is 2.30. The van der Waals surface area contributed by atoms with E-state index < -0.39 is 24.0 Å². The number of allylic oxidation sites excluding steroid dienone is 1. The number of ether oxygens (including phenoxy) is 3. The predicted molar refractivity (Wildman–Crippen MR) is 63.8 cm³/mol. The van der Waals surface area contributed by atoms with E-state index in [0.717, 1.165) is 0 Å². The fraction of sp³-hybridized carbons (Fsp3) is 0.692. The lowest BCUT2D eigenvalue weighted by atomic mass is 9.89. The maximum atomic E-state index is 11.8. The summed E-state index contributed by atoms with van der Waals surface area (Å²) in [5.74, 6) is -1.33. The Hall–Kier alpha value is -1.56. The Kier molecular flexibility index (Phi) is 3.80. The molecule has 0 saturated heterocycles.